The highest BCUT2D eigenvalue weighted by atomic mass is 32.1. The number of nitrogens with one attached hydrogen (secondary N) is 2. The van der Waals surface area contributed by atoms with Gasteiger partial charge in [0.25, 0.3) is 0 Å². The van der Waals surface area contributed by atoms with Gasteiger partial charge in [0, 0.05) is 18.0 Å². The summed E-state index contributed by atoms with van der Waals surface area (Å²) in [6, 6.07) is -0.721. The molecule has 1 atom stereocenters. The molecule has 2 rings (SSSR count). The van der Waals surface area contributed by atoms with Crippen LogP contribution in [0.1, 0.15) is 38.5 Å². The molecule has 3 amide bonds. The molecule has 1 aromatic rings. The number of rotatable bonds is 5. The van der Waals surface area contributed by atoms with E-state index in [0.717, 1.165) is 17.7 Å². The van der Waals surface area contributed by atoms with Gasteiger partial charge in [-0.05, 0) is 38.8 Å². The van der Waals surface area contributed by atoms with Crippen LogP contribution in [0.5, 0.6) is 0 Å². The number of carbonyl (C=O) groups excluding carboxylic acids is 3. The van der Waals surface area contributed by atoms with Crippen LogP contribution in [0.3, 0.4) is 0 Å². The third-order valence-corrected chi connectivity index (χ3v) is 4.27. The molecule has 1 aliphatic rings. The first-order valence-electron chi connectivity index (χ1n) is 9.32. The summed E-state index contributed by atoms with van der Waals surface area (Å²) in [5, 5.41) is 14.3. The number of aliphatic hydroxyl groups excluding tert-OH is 1. The highest BCUT2D eigenvalue weighted by molar-refractivity contribution is 7.15. The summed E-state index contributed by atoms with van der Waals surface area (Å²) in [5.41, 5.74) is 11.5. The van der Waals surface area contributed by atoms with E-state index in [9.17, 15) is 14.4 Å². The average Bonchev–Trinajstić information content (AvgIpc) is 2.93. The van der Waals surface area contributed by atoms with Crippen LogP contribution in [0.4, 0.5) is 5.13 Å². The summed E-state index contributed by atoms with van der Waals surface area (Å²) in [4.78, 5) is 36.8. The number of carbonyl (C=O) groups is 3. The topological polar surface area (TPSA) is 160 Å². The summed E-state index contributed by atoms with van der Waals surface area (Å²) in [5.74, 6) is -0.987. The van der Waals surface area contributed by atoms with Crippen LogP contribution >= 0.6 is 11.3 Å². The SMILES string of the molecule is CC(=O)NCC(=O)NC(C)C(N)=O.CCC1=CCC=C(O)C=C1.Cc1cnc(N)s1. The molecule has 7 N–H and O–H groups in total. The number of aromatic nitrogens is 1. The zero-order chi connectivity index (χ0) is 23.1. The number of hydrogen-bond donors (Lipinski definition) is 5. The highest BCUT2D eigenvalue weighted by Crippen LogP contribution is 2.11. The van der Waals surface area contributed by atoms with Crippen molar-refractivity contribution in [1.82, 2.24) is 15.6 Å². The van der Waals surface area contributed by atoms with Crippen molar-refractivity contribution in [3.05, 3.63) is 46.7 Å². The summed E-state index contributed by atoms with van der Waals surface area (Å²) >= 11 is 1.51. The number of nitrogen functional groups attached to an aromatic ring is 1. The van der Waals surface area contributed by atoms with Crippen LogP contribution in [0, 0.1) is 6.92 Å². The number of primary amides is 1. The van der Waals surface area contributed by atoms with E-state index in [4.69, 9.17) is 16.6 Å². The van der Waals surface area contributed by atoms with Gasteiger partial charge in [0.2, 0.25) is 17.7 Å². The van der Waals surface area contributed by atoms with Crippen LogP contribution in [0.2, 0.25) is 0 Å². The van der Waals surface area contributed by atoms with Gasteiger partial charge in [0.05, 0.1) is 6.54 Å². The standard InChI is InChI=1S/C9H12O.C7H13N3O3.C4H6N2S/c1-2-8-4-3-5-9(10)7-6-8;1-4(7(8)13)10-6(12)3-9-5(2)11;1-3-2-6-4(5)7-3/h4-7,10H,2-3H2,1H3;4H,3H2,1-2H3,(H2,8,13)(H,9,11)(H,10,12);2H,1H3,(H2,5,6). The fraction of sp³-hybridized carbons (Fsp3) is 0.400. The van der Waals surface area contributed by atoms with Crippen molar-refractivity contribution in [3.63, 3.8) is 0 Å². The van der Waals surface area contributed by atoms with Gasteiger partial charge >= 0.3 is 0 Å². The Morgan fingerprint density at radius 1 is 1.30 bits per heavy atom. The fourth-order valence-corrected chi connectivity index (χ4v) is 2.40. The predicted molar refractivity (Wildman–Crippen MR) is 120 cm³/mol. The van der Waals surface area contributed by atoms with Crippen LogP contribution in [0.25, 0.3) is 0 Å². The molecule has 0 aliphatic heterocycles. The van der Waals surface area contributed by atoms with Crippen LogP contribution < -0.4 is 22.1 Å². The van der Waals surface area contributed by atoms with E-state index in [1.165, 1.54) is 30.8 Å². The van der Waals surface area contributed by atoms with Crippen molar-refractivity contribution in [2.75, 3.05) is 12.3 Å². The minimum absolute atomic E-state index is 0.146. The Morgan fingerprint density at radius 3 is 2.40 bits per heavy atom. The molecule has 9 nitrogen and oxygen atoms in total. The summed E-state index contributed by atoms with van der Waals surface area (Å²) in [6.07, 6.45) is 11.3. The number of aryl methyl sites for hydroxylation is 1. The van der Waals surface area contributed by atoms with Crippen molar-refractivity contribution >= 4 is 34.2 Å². The molecule has 166 valence electrons. The average molecular weight is 438 g/mol. The van der Waals surface area contributed by atoms with Crippen molar-refractivity contribution < 1.29 is 19.5 Å². The maximum absolute atomic E-state index is 10.9. The zero-order valence-electron chi connectivity index (χ0n) is 17.8. The molecule has 0 spiro atoms. The van der Waals surface area contributed by atoms with Gasteiger partial charge < -0.3 is 27.2 Å². The fourth-order valence-electron chi connectivity index (χ4n) is 1.86. The minimum Gasteiger partial charge on any atom is -0.508 e. The first kappa shape index (κ1) is 26.9. The third kappa shape index (κ3) is 13.9. The number of aliphatic hydroxyl groups is 1. The van der Waals surface area contributed by atoms with Crippen molar-refractivity contribution in [3.8, 4) is 0 Å². The molecule has 0 saturated heterocycles. The number of allylic oxidation sites excluding steroid dienone is 5. The summed E-state index contributed by atoms with van der Waals surface area (Å²) in [7, 11) is 0. The number of nitrogens with two attached hydrogens (primary N) is 2. The molecule has 0 bridgehead atoms. The largest absolute Gasteiger partial charge is 0.508 e. The number of hydrogen-bond acceptors (Lipinski definition) is 7. The van der Waals surface area contributed by atoms with Gasteiger partial charge in [-0.25, -0.2) is 4.98 Å². The lowest BCUT2D eigenvalue weighted by atomic mass is 10.2. The Bertz CT molecular complexity index is 782. The molecule has 1 aliphatic carbocycles. The van der Waals surface area contributed by atoms with Gasteiger partial charge in [-0.3, -0.25) is 14.4 Å². The smallest absolute Gasteiger partial charge is 0.240 e. The maximum atomic E-state index is 10.9. The molecule has 1 unspecified atom stereocenters. The Labute approximate surface area is 180 Å². The second-order valence-corrected chi connectivity index (χ2v) is 7.51. The lowest BCUT2D eigenvalue weighted by molar-refractivity contribution is -0.128. The van der Waals surface area contributed by atoms with E-state index in [1.807, 2.05) is 13.0 Å². The Hall–Kier alpha value is -3.14. The number of thiazole rings is 1. The maximum Gasteiger partial charge on any atom is 0.240 e. The Morgan fingerprint density at radius 2 is 1.97 bits per heavy atom. The molecular formula is C20H31N5O4S. The van der Waals surface area contributed by atoms with E-state index in [-0.39, 0.29) is 12.5 Å². The Balaban J connectivity index is 0.000000438. The molecule has 0 aromatic carbocycles. The van der Waals surface area contributed by atoms with E-state index >= 15 is 0 Å². The lowest BCUT2D eigenvalue weighted by Crippen LogP contribution is -2.46. The molecule has 30 heavy (non-hydrogen) atoms. The molecule has 10 heteroatoms. The van der Waals surface area contributed by atoms with Crippen molar-refractivity contribution in [1.29, 1.82) is 0 Å². The first-order valence-corrected chi connectivity index (χ1v) is 10.1. The van der Waals surface area contributed by atoms with E-state index in [1.54, 1.807) is 18.3 Å². The van der Waals surface area contributed by atoms with Crippen LogP contribution in [-0.2, 0) is 14.4 Å². The number of amides is 3. The van der Waals surface area contributed by atoms with E-state index in [0.29, 0.717) is 10.9 Å². The van der Waals surface area contributed by atoms with Crippen LogP contribution in [-0.4, -0.2) is 40.4 Å². The van der Waals surface area contributed by atoms with Crippen molar-refractivity contribution in [2.24, 2.45) is 5.73 Å². The van der Waals surface area contributed by atoms with Crippen LogP contribution in [0.15, 0.2) is 41.8 Å². The molecule has 1 heterocycles. The molecule has 0 saturated carbocycles. The van der Waals surface area contributed by atoms with Gasteiger partial charge in [0.15, 0.2) is 5.13 Å². The minimum atomic E-state index is -0.721. The highest BCUT2D eigenvalue weighted by Gasteiger charge is 2.11. The van der Waals surface area contributed by atoms with Gasteiger partial charge in [-0.2, -0.15) is 0 Å². The van der Waals surface area contributed by atoms with E-state index < -0.39 is 17.9 Å². The zero-order valence-corrected chi connectivity index (χ0v) is 18.6. The third-order valence-electron chi connectivity index (χ3n) is 3.52. The molecule has 1 aromatic heterocycles. The summed E-state index contributed by atoms with van der Waals surface area (Å²) in [6.45, 7) is 6.71. The summed E-state index contributed by atoms with van der Waals surface area (Å²) < 4.78 is 0. The normalized spacial score (nSPS) is 13.1. The second-order valence-electron chi connectivity index (χ2n) is 6.24. The van der Waals surface area contributed by atoms with E-state index in [2.05, 4.69) is 28.6 Å². The lowest BCUT2D eigenvalue weighted by Gasteiger charge is -2.09. The van der Waals surface area contributed by atoms with Gasteiger partial charge in [-0.15, -0.1) is 11.3 Å². The monoisotopic (exact) mass is 437 g/mol. The van der Waals surface area contributed by atoms with Crippen molar-refractivity contribution in [2.45, 2.75) is 46.6 Å². The molecular weight excluding hydrogens is 406 g/mol. The second kappa shape index (κ2) is 14.8. The molecule has 0 radical (unpaired) electrons. The Kier molecular flexibility index (Phi) is 13.3. The number of nitrogens with zero attached hydrogens (tertiary/aromatic N) is 1. The molecule has 0 fully saturated rings. The van der Waals surface area contributed by atoms with Gasteiger partial charge in [-0.1, -0.05) is 24.6 Å². The predicted octanol–water partition coefficient (Wildman–Crippen LogP) is 1.87. The first-order chi connectivity index (χ1) is 14.0. The van der Waals surface area contributed by atoms with Gasteiger partial charge in [0.1, 0.15) is 11.8 Å². The quantitative estimate of drug-likeness (QED) is 0.472. The number of anilines is 1.